The van der Waals surface area contributed by atoms with Crippen LogP contribution in [0.2, 0.25) is 0 Å². The van der Waals surface area contributed by atoms with Gasteiger partial charge in [0.15, 0.2) is 0 Å². The Morgan fingerprint density at radius 3 is 1.43 bits per heavy atom. The molecule has 0 saturated heterocycles. The first-order valence-corrected chi connectivity index (χ1v) is 21.1. The van der Waals surface area contributed by atoms with Gasteiger partial charge >= 0.3 is 0 Å². The number of pyridine rings is 3. The molecule has 9 aromatic rings. The molecule has 0 atom stereocenters. The molecule has 4 aromatic heterocycles. The van der Waals surface area contributed by atoms with E-state index in [1.165, 1.54) is 12.3 Å². The number of nitriles is 1. The second-order valence-electron chi connectivity index (χ2n) is 17.5. The van der Waals surface area contributed by atoms with E-state index in [0.29, 0.717) is 66.8 Å². The van der Waals surface area contributed by atoms with Crippen LogP contribution in [-0.2, 0) is 35.4 Å². The highest BCUT2D eigenvalue weighted by Crippen LogP contribution is 2.40. The number of hydrogen-bond acceptors (Lipinski definition) is 5. The first kappa shape index (κ1) is 32.5. The van der Waals surface area contributed by atoms with Gasteiger partial charge in [-0.1, -0.05) is 151 Å². The van der Waals surface area contributed by atoms with Crippen LogP contribution in [0.4, 0.5) is 0 Å². The Hall–Kier alpha value is -7.16. The summed E-state index contributed by atoms with van der Waals surface area (Å²) in [6.45, 7) is 10.9. The molecule has 63 heavy (non-hydrogen) atoms. The number of aromatic nitrogens is 3. The molecule has 0 spiro atoms. The molecule has 0 bridgehead atoms. The molecule has 0 unspecified atom stereocenters. The van der Waals surface area contributed by atoms with Crippen LogP contribution in [0.1, 0.15) is 91.5 Å². The molecule has 0 aliphatic rings. The normalized spacial score (nSPS) is 14.7. The molecule has 5 nitrogen and oxygen atoms in total. The van der Waals surface area contributed by atoms with Gasteiger partial charge in [-0.25, -0.2) is 0 Å². The topological polar surface area (TPSA) is 75.6 Å². The molecule has 0 saturated carbocycles. The van der Waals surface area contributed by atoms with Gasteiger partial charge in [0.2, 0.25) is 0 Å². The van der Waals surface area contributed by atoms with Gasteiger partial charge in [0.25, 0.3) is 0 Å². The predicted octanol–water partition coefficient (Wildman–Crippen LogP) is 14.2. The summed E-state index contributed by atoms with van der Waals surface area (Å²) >= 11 is 0. The Morgan fingerprint density at radius 1 is 0.540 bits per heavy atom. The van der Waals surface area contributed by atoms with Crippen molar-refractivity contribution in [1.29, 1.82) is 5.26 Å². The summed E-state index contributed by atoms with van der Waals surface area (Å²) in [6, 6.07) is 44.2. The Morgan fingerprint density at radius 2 is 1.00 bits per heavy atom. The lowest BCUT2D eigenvalue weighted by atomic mass is 9.70. The highest BCUT2D eigenvalue weighted by Gasteiger charge is 2.31. The van der Waals surface area contributed by atoms with E-state index in [1.54, 1.807) is 50.5 Å². The van der Waals surface area contributed by atoms with E-state index in [-0.39, 0.29) is 28.8 Å². The summed E-state index contributed by atoms with van der Waals surface area (Å²) in [5.41, 5.74) is 3.64. The molecule has 5 heteroatoms. The van der Waals surface area contributed by atoms with E-state index in [9.17, 15) is 13.5 Å². The van der Waals surface area contributed by atoms with E-state index < -0.39 is 35.4 Å². The Labute approximate surface area is 382 Å². The van der Waals surface area contributed by atoms with E-state index in [1.807, 2.05) is 143 Å². The van der Waals surface area contributed by atoms with E-state index in [4.69, 9.17) is 12.1 Å². The van der Waals surface area contributed by atoms with Crippen LogP contribution in [-0.4, -0.2) is 15.0 Å². The number of furan rings is 1. The maximum absolute atomic E-state index is 9.90. The average Bonchev–Trinajstić information content (AvgIpc) is 3.75. The molecule has 0 radical (unpaired) electrons. The van der Waals surface area contributed by atoms with Gasteiger partial charge in [-0.2, -0.15) is 5.26 Å². The standard InChI is InChI=1S/C58H52N4O/c1-56(2,32-40-21-25-51(60-36-40)43-14-9-7-10-15-43)45-29-46(57(3,4)33-41-22-26-52(61-37-41)44-16-11-8-12-17-44)31-47(30-45)58(5,6)34-42-23-27-53(62-38-42)50-19-13-18-49-48-24-20-39(35-59)28-54(48)63-55(49)50/h7-31,36-38H,32-34H2,1-6H3/i20D,28D,32D2,33D2,34D2. The number of benzene rings is 5. The minimum absolute atomic E-state index is 0.0649. The number of para-hydroxylation sites is 1. The maximum Gasteiger partial charge on any atom is 0.144 e. The highest BCUT2D eigenvalue weighted by molar-refractivity contribution is 6.09. The summed E-state index contributed by atoms with van der Waals surface area (Å²) in [7, 11) is 0. The zero-order valence-electron chi connectivity index (χ0n) is 44.2. The van der Waals surface area contributed by atoms with Crippen molar-refractivity contribution in [2.24, 2.45) is 0 Å². The summed E-state index contributed by atoms with van der Waals surface area (Å²) in [5.74, 6) is 0. The summed E-state index contributed by atoms with van der Waals surface area (Å²) in [6.07, 6.45) is -1.48. The third-order valence-corrected chi connectivity index (χ3v) is 11.6. The third kappa shape index (κ3) is 8.68. The second-order valence-corrected chi connectivity index (χ2v) is 17.5. The lowest BCUT2D eigenvalue weighted by Crippen LogP contribution is -2.28. The van der Waals surface area contributed by atoms with Crippen molar-refractivity contribution in [2.45, 2.75) is 76.9 Å². The Kier molecular flexibility index (Phi) is 8.58. The molecule has 0 fully saturated rings. The molecule has 310 valence electrons. The molecule has 0 aliphatic heterocycles. The molecule has 0 amide bonds. The second kappa shape index (κ2) is 16.6. The zero-order valence-corrected chi connectivity index (χ0v) is 36.2. The van der Waals surface area contributed by atoms with Crippen molar-refractivity contribution in [1.82, 2.24) is 15.0 Å². The van der Waals surface area contributed by atoms with Crippen molar-refractivity contribution in [2.75, 3.05) is 0 Å². The van der Waals surface area contributed by atoms with Gasteiger partial charge in [0, 0.05) is 54.3 Å². The van der Waals surface area contributed by atoms with Crippen LogP contribution >= 0.6 is 0 Å². The lowest BCUT2D eigenvalue weighted by Gasteiger charge is -2.34. The minimum Gasteiger partial charge on any atom is -0.455 e. The Balaban J connectivity index is 1.13. The SMILES string of the molecule is [2H]c1cc2c(oc3c(-c4ccc(C([2H])([2H])C(C)(C)c5cc(C(C)(C)C([2H])([2H])c6ccc(-c7ccccc7)nc6)cc(C(C)(C)C([2H])([2H])c6ccc(-c7ccccc7)nc6)c5)cn4)cccc32)c([2H])c1C#N. The van der Waals surface area contributed by atoms with Crippen LogP contribution in [0.5, 0.6) is 0 Å². The molecular weight excluding hydrogens is 769 g/mol. The van der Waals surface area contributed by atoms with E-state index in [0.717, 1.165) is 11.1 Å². The smallest absolute Gasteiger partial charge is 0.144 e. The maximum atomic E-state index is 9.90. The van der Waals surface area contributed by atoms with Crippen LogP contribution in [0.3, 0.4) is 0 Å². The van der Waals surface area contributed by atoms with Gasteiger partial charge in [0.05, 0.1) is 31.5 Å². The number of fused-ring (bicyclic) bond motifs is 3. The van der Waals surface area contributed by atoms with Crippen molar-refractivity contribution < 1.29 is 15.4 Å². The summed E-state index contributed by atoms with van der Waals surface area (Å²) in [4.78, 5) is 14.1. The molecular formula is C58H52N4O. The Bertz CT molecular complexity index is 3370. The number of rotatable bonds is 12. The van der Waals surface area contributed by atoms with Crippen LogP contribution in [0.25, 0.3) is 55.7 Å². The van der Waals surface area contributed by atoms with Gasteiger partial charge in [-0.15, -0.1) is 0 Å². The lowest BCUT2D eigenvalue weighted by molar-refractivity contribution is 0.486. The fourth-order valence-electron chi connectivity index (χ4n) is 8.06. The van der Waals surface area contributed by atoms with Gasteiger partial charge in [0.1, 0.15) is 11.2 Å². The molecule has 4 heterocycles. The monoisotopic (exact) mass is 828 g/mol. The molecule has 0 aliphatic carbocycles. The number of nitrogens with zero attached hydrogens (tertiary/aromatic N) is 4. The summed E-state index contributed by atoms with van der Waals surface area (Å²) < 4.78 is 82.0. The minimum atomic E-state index is -2.10. The van der Waals surface area contributed by atoms with Crippen LogP contribution in [0.15, 0.2) is 175 Å². The zero-order chi connectivity index (χ0) is 50.9. The van der Waals surface area contributed by atoms with Gasteiger partial charge in [-0.05, 0) is 111 Å². The molecule has 0 N–H and O–H groups in total. The quantitative estimate of drug-likeness (QED) is 0.123. The van der Waals surface area contributed by atoms with Crippen molar-refractivity contribution in [3.8, 4) is 39.8 Å². The van der Waals surface area contributed by atoms with Gasteiger partial charge < -0.3 is 4.42 Å². The first-order valence-electron chi connectivity index (χ1n) is 25.1. The fourth-order valence-corrected chi connectivity index (χ4v) is 8.06. The average molecular weight is 829 g/mol. The van der Waals surface area contributed by atoms with Crippen molar-refractivity contribution >= 4 is 21.9 Å². The van der Waals surface area contributed by atoms with Crippen LogP contribution < -0.4 is 0 Å². The van der Waals surface area contributed by atoms with Crippen molar-refractivity contribution in [3.63, 3.8) is 0 Å². The predicted molar refractivity (Wildman–Crippen MR) is 258 cm³/mol. The molecule has 5 aromatic carbocycles. The van der Waals surface area contributed by atoms with Gasteiger partial charge in [-0.3, -0.25) is 15.0 Å². The summed E-state index contributed by atoms with van der Waals surface area (Å²) in [5, 5.41) is 10.8. The van der Waals surface area contributed by atoms with Crippen molar-refractivity contribution in [3.05, 3.63) is 209 Å². The highest BCUT2D eigenvalue weighted by atomic mass is 16.3. The van der Waals surface area contributed by atoms with Crippen LogP contribution in [0, 0.1) is 11.3 Å². The molecule has 9 rings (SSSR count). The third-order valence-electron chi connectivity index (χ3n) is 11.6. The van der Waals surface area contributed by atoms with E-state index in [2.05, 4.69) is 9.97 Å². The van der Waals surface area contributed by atoms with E-state index >= 15 is 0 Å². The fraction of sp³-hybridized carbons (Fsp3) is 0.207. The largest absolute Gasteiger partial charge is 0.455 e. The first-order chi connectivity index (χ1) is 33.5. The number of hydrogen-bond donors (Lipinski definition) is 0.